The van der Waals surface area contributed by atoms with Crippen LogP contribution in [0, 0.1) is 0 Å². The van der Waals surface area contributed by atoms with Crippen molar-refractivity contribution in [3.05, 3.63) is 69.1 Å². The molecule has 0 atom stereocenters. The number of aromatic nitrogens is 4. The third-order valence-corrected chi connectivity index (χ3v) is 5.94. The van der Waals surface area contributed by atoms with Gasteiger partial charge < -0.3 is 10.3 Å². The summed E-state index contributed by atoms with van der Waals surface area (Å²) in [5.74, 6) is 0.364. The Morgan fingerprint density at radius 3 is 2.89 bits per heavy atom. The molecule has 1 amide bonds. The molecule has 0 bridgehead atoms. The average Bonchev–Trinajstić information content (AvgIpc) is 3.31. The van der Waals surface area contributed by atoms with E-state index >= 15 is 0 Å². The van der Waals surface area contributed by atoms with E-state index in [4.69, 9.17) is 11.6 Å². The van der Waals surface area contributed by atoms with Gasteiger partial charge in [-0.05, 0) is 23.8 Å². The Hall–Kier alpha value is -2.42. The third-order valence-electron chi connectivity index (χ3n) is 3.71. The first-order valence-electron chi connectivity index (χ1n) is 8.10. The zero-order chi connectivity index (χ0) is 18.6. The van der Waals surface area contributed by atoms with Gasteiger partial charge >= 0.3 is 0 Å². The Morgan fingerprint density at radius 1 is 1.19 bits per heavy atom. The van der Waals surface area contributed by atoms with Crippen molar-refractivity contribution in [3.63, 3.8) is 0 Å². The van der Waals surface area contributed by atoms with Crippen LogP contribution >= 0.6 is 34.7 Å². The van der Waals surface area contributed by atoms with E-state index in [1.165, 1.54) is 23.1 Å². The van der Waals surface area contributed by atoms with Crippen LogP contribution in [-0.4, -0.2) is 26.1 Å². The van der Waals surface area contributed by atoms with Crippen LogP contribution in [-0.2, 0) is 12.3 Å². The lowest BCUT2D eigenvalue weighted by Crippen LogP contribution is -2.22. The van der Waals surface area contributed by atoms with Crippen LogP contribution in [0.3, 0.4) is 0 Å². The fourth-order valence-electron chi connectivity index (χ4n) is 2.41. The summed E-state index contributed by atoms with van der Waals surface area (Å²) in [5, 5.41) is 13.5. The van der Waals surface area contributed by atoms with E-state index in [1.807, 2.05) is 48.5 Å². The maximum atomic E-state index is 12.2. The molecule has 0 aliphatic carbocycles. The highest BCUT2D eigenvalue weighted by Gasteiger charge is 2.13. The molecule has 2 heterocycles. The zero-order valence-electron chi connectivity index (χ0n) is 14.0. The highest BCUT2D eigenvalue weighted by atomic mass is 35.5. The molecule has 0 radical (unpaired) electrons. The van der Waals surface area contributed by atoms with Crippen molar-refractivity contribution < 1.29 is 4.79 Å². The first kappa shape index (κ1) is 18.0. The highest BCUT2D eigenvalue weighted by molar-refractivity contribution is 7.98. The van der Waals surface area contributed by atoms with E-state index in [2.05, 4.69) is 25.5 Å². The molecule has 0 aliphatic rings. The van der Waals surface area contributed by atoms with Gasteiger partial charge in [-0.25, -0.2) is 4.98 Å². The number of aromatic amines is 1. The topological polar surface area (TPSA) is 83.6 Å². The molecule has 2 aromatic carbocycles. The molecule has 0 saturated heterocycles. The summed E-state index contributed by atoms with van der Waals surface area (Å²) in [7, 11) is 0. The summed E-state index contributed by atoms with van der Waals surface area (Å²) < 4.78 is 0. The van der Waals surface area contributed by atoms with Gasteiger partial charge in [-0.1, -0.05) is 65.0 Å². The molecule has 0 fully saturated rings. The van der Waals surface area contributed by atoms with E-state index in [9.17, 15) is 4.79 Å². The first-order chi connectivity index (χ1) is 13.2. The Labute approximate surface area is 168 Å². The SMILES string of the molecule is O=C(NCc1ccccc1)c1nnc(CSc2nc3ccc(Cl)cc3[nH]2)s1. The number of halogens is 1. The Bertz CT molecular complexity index is 1080. The summed E-state index contributed by atoms with van der Waals surface area (Å²) in [5.41, 5.74) is 2.79. The van der Waals surface area contributed by atoms with E-state index in [-0.39, 0.29) is 5.91 Å². The summed E-state index contributed by atoms with van der Waals surface area (Å²) in [4.78, 5) is 19.9. The molecule has 136 valence electrons. The quantitative estimate of drug-likeness (QED) is 0.459. The first-order valence-corrected chi connectivity index (χ1v) is 10.3. The molecule has 0 saturated carbocycles. The predicted molar refractivity (Wildman–Crippen MR) is 108 cm³/mol. The average molecular weight is 416 g/mol. The van der Waals surface area contributed by atoms with E-state index in [0.29, 0.717) is 22.3 Å². The van der Waals surface area contributed by atoms with Crippen molar-refractivity contribution in [1.82, 2.24) is 25.5 Å². The maximum Gasteiger partial charge on any atom is 0.282 e. The number of carbonyl (C=O) groups excluding carboxylic acids is 1. The van der Waals surface area contributed by atoms with Gasteiger partial charge in [-0.2, -0.15) is 0 Å². The normalized spacial score (nSPS) is 11.0. The van der Waals surface area contributed by atoms with E-state index in [0.717, 1.165) is 26.8 Å². The number of nitrogens with zero attached hydrogens (tertiary/aromatic N) is 3. The standard InChI is InChI=1S/C18H14ClN5OS2/c19-12-6-7-13-14(8-12)22-18(21-13)26-10-15-23-24-17(27-15)16(25)20-9-11-4-2-1-3-5-11/h1-8H,9-10H2,(H,20,25)(H,21,22). The second kappa shape index (κ2) is 8.08. The number of hydrogen-bond acceptors (Lipinski definition) is 6. The zero-order valence-corrected chi connectivity index (χ0v) is 16.4. The van der Waals surface area contributed by atoms with Crippen LogP contribution < -0.4 is 5.32 Å². The molecule has 6 nitrogen and oxygen atoms in total. The highest BCUT2D eigenvalue weighted by Crippen LogP contribution is 2.25. The van der Waals surface area contributed by atoms with Crippen LogP contribution in [0.1, 0.15) is 20.4 Å². The van der Waals surface area contributed by atoms with Crippen LogP contribution in [0.25, 0.3) is 11.0 Å². The number of nitrogens with one attached hydrogen (secondary N) is 2. The van der Waals surface area contributed by atoms with Crippen molar-refractivity contribution >= 4 is 51.6 Å². The van der Waals surface area contributed by atoms with Crippen molar-refractivity contribution in [2.75, 3.05) is 0 Å². The number of carbonyl (C=O) groups is 1. The minimum absolute atomic E-state index is 0.217. The number of hydrogen-bond donors (Lipinski definition) is 2. The predicted octanol–water partition coefficient (Wildman–Crippen LogP) is 4.29. The summed E-state index contributed by atoms with van der Waals surface area (Å²) in [6.45, 7) is 0.463. The molecule has 4 rings (SSSR count). The number of amides is 1. The van der Waals surface area contributed by atoms with Crippen LogP contribution in [0.4, 0.5) is 0 Å². The van der Waals surface area contributed by atoms with Gasteiger partial charge in [-0.15, -0.1) is 10.2 Å². The van der Waals surface area contributed by atoms with Crippen LogP contribution in [0.5, 0.6) is 0 Å². The largest absolute Gasteiger partial charge is 0.346 e. The minimum atomic E-state index is -0.217. The number of H-pyrrole nitrogens is 1. The molecule has 2 N–H and O–H groups in total. The Balaban J connectivity index is 1.35. The Kier molecular flexibility index (Phi) is 5.38. The van der Waals surface area contributed by atoms with Crippen LogP contribution in [0.2, 0.25) is 5.02 Å². The number of fused-ring (bicyclic) bond motifs is 1. The smallest absolute Gasteiger partial charge is 0.282 e. The molecular formula is C18H14ClN5OS2. The number of benzene rings is 2. The van der Waals surface area contributed by atoms with Gasteiger partial charge in [0.05, 0.1) is 16.8 Å². The van der Waals surface area contributed by atoms with Crippen LogP contribution in [0.15, 0.2) is 53.7 Å². The van der Waals surface area contributed by atoms with Gasteiger partial charge in [0.2, 0.25) is 5.01 Å². The molecular weight excluding hydrogens is 402 g/mol. The van der Waals surface area contributed by atoms with Gasteiger partial charge in [-0.3, -0.25) is 4.79 Å². The molecule has 0 aliphatic heterocycles. The molecule has 2 aromatic heterocycles. The lowest BCUT2D eigenvalue weighted by atomic mass is 10.2. The second-order valence-electron chi connectivity index (χ2n) is 5.66. The van der Waals surface area contributed by atoms with E-state index < -0.39 is 0 Å². The number of thioether (sulfide) groups is 1. The molecule has 27 heavy (non-hydrogen) atoms. The van der Waals surface area contributed by atoms with Crippen molar-refractivity contribution in [1.29, 1.82) is 0 Å². The fraction of sp³-hybridized carbons (Fsp3) is 0.111. The van der Waals surface area contributed by atoms with Crippen molar-refractivity contribution in [2.24, 2.45) is 0 Å². The molecule has 0 unspecified atom stereocenters. The van der Waals surface area contributed by atoms with E-state index in [1.54, 1.807) is 0 Å². The molecule has 0 spiro atoms. The molecule has 4 aromatic rings. The third kappa shape index (κ3) is 4.47. The second-order valence-corrected chi connectivity index (χ2v) is 8.12. The lowest BCUT2D eigenvalue weighted by Gasteiger charge is -2.01. The number of imidazole rings is 1. The van der Waals surface area contributed by atoms with Crippen molar-refractivity contribution in [2.45, 2.75) is 17.5 Å². The Morgan fingerprint density at radius 2 is 2.04 bits per heavy atom. The maximum absolute atomic E-state index is 12.2. The lowest BCUT2D eigenvalue weighted by molar-refractivity contribution is 0.0950. The van der Waals surface area contributed by atoms with Gasteiger partial charge in [0, 0.05) is 11.6 Å². The van der Waals surface area contributed by atoms with Gasteiger partial charge in [0.25, 0.3) is 5.91 Å². The molecule has 9 heteroatoms. The monoisotopic (exact) mass is 415 g/mol. The summed E-state index contributed by atoms with van der Waals surface area (Å²) in [6, 6.07) is 15.3. The summed E-state index contributed by atoms with van der Waals surface area (Å²) >= 11 is 8.78. The minimum Gasteiger partial charge on any atom is -0.346 e. The summed E-state index contributed by atoms with van der Waals surface area (Å²) in [6.07, 6.45) is 0. The fourth-order valence-corrected chi connectivity index (χ4v) is 4.21. The van der Waals surface area contributed by atoms with Gasteiger partial charge in [0.15, 0.2) is 5.16 Å². The van der Waals surface area contributed by atoms with Crippen molar-refractivity contribution in [3.8, 4) is 0 Å². The van der Waals surface area contributed by atoms with Gasteiger partial charge in [0.1, 0.15) is 5.01 Å². The number of rotatable bonds is 6.